The van der Waals surface area contributed by atoms with Crippen LogP contribution in [0.15, 0.2) is 60.4 Å². The smallest absolute Gasteiger partial charge is 0.246 e. The first-order valence-corrected chi connectivity index (χ1v) is 8.59. The van der Waals surface area contributed by atoms with Crippen LogP contribution in [-0.4, -0.2) is 11.2 Å². The fourth-order valence-corrected chi connectivity index (χ4v) is 1.89. The molecule has 0 aromatic heterocycles. The Morgan fingerprint density at radius 1 is 0.875 bits per heavy atom. The molecular weight excluding hydrogens is 302 g/mol. The SMILES string of the molecule is CC/C=C/C/C=C/C/C=C/C/C=C/C/C(=C/CCCC=O)[N+](=O)[O-]. The van der Waals surface area contributed by atoms with Crippen LogP contribution in [0.25, 0.3) is 0 Å². The van der Waals surface area contributed by atoms with Crippen molar-refractivity contribution in [1.82, 2.24) is 0 Å². The molecule has 0 saturated carbocycles. The minimum Gasteiger partial charge on any atom is -0.303 e. The van der Waals surface area contributed by atoms with E-state index in [1.54, 1.807) is 6.08 Å². The molecule has 0 spiro atoms. The monoisotopic (exact) mass is 331 g/mol. The molecule has 0 N–H and O–H groups in total. The van der Waals surface area contributed by atoms with Crippen molar-refractivity contribution < 1.29 is 9.72 Å². The van der Waals surface area contributed by atoms with Crippen molar-refractivity contribution >= 4 is 6.29 Å². The van der Waals surface area contributed by atoms with Crippen molar-refractivity contribution in [2.75, 3.05) is 0 Å². The first-order valence-electron chi connectivity index (χ1n) is 8.59. The number of hydrogen-bond acceptors (Lipinski definition) is 3. The first kappa shape index (κ1) is 21.8. The molecule has 0 heterocycles. The molecular formula is C20H29NO3. The van der Waals surface area contributed by atoms with Crippen LogP contribution in [0.3, 0.4) is 0 Å². The minimum absolute atomic E-state index is 0.198. The number of unbranched alkanes of at least 4 members (excludes halogenated alkanes) is 2. The zero-order valence-electron chi connectivity index (χ0n) is 14.6. The van der Waals surface area contributed by atoms with Gasteiger partial charge in [0, 0.05) is 6.42 Å². The Bertz CT molecular complexity index is 485. The highest BCUT2D eigenvalue weighted by Crippen LogP contribution is 2.07. The number of rotatable bonds is 14. The van der Waals surface area contributed by atoms with Crippen molar-refractivity contribution in [3.63, 3.8) is 0 Å². The first-order chi connectivity index (χ1) is 11.7. The third-order valence-electron chi connectivity index (χ3n) is 3.19. The van der Waals surface area contributed by atoms with Gasteiger partial charge in [-0.3, -0.25) is 10.1 Å². The molecule has 0 aromatic carbocycles. The van der Waals surface area contributed by atoms with E-state index in [0.29, 0.717) is 25.7 Å². The molecule has 0 saturated heterocycles. The third-order valence-corrected chi connectivity index (χ3v) is 3.19. The lowest BCUT2D eigenvalue weighted by molar-refractivity contribution is -0.427. The van der Waals surface area contributed by atoms with E-state index in [4.69, 9.17) is 0 Å². The van der Waals surface area contributed by atoms with E-state index in [1.165, 1.54) is 0 Å². The van der Waals surface area contributed by atoms with E-state index in [2.05, 4.69) is 43.4 Å². The Labute approximate surface area is 145 Å². The standard InChI is InChI=1S/C20H29NO3/c1-2-3-4-5-6-7-8-9-10-11-12-14-17-20(21(23)24)18-15-13-16-19-22/h3-4,6-7,9-10,12,14,18-19H,2,5,8,11,13,15-17H2,1H3/b4-3+,7-6+,10-9+,14-12+,20-18-. The number of allylic oxidation sites excluding steroid dienone is 9. The number of carbonyl (C=O) groups is 1. The van der Waals surface area contributed by atoms with E-state index in [9.17, 15) is 14.9 Å². The minimum atomic E-state index is -0.348. The average Bonchev–Trinajstić information content (AvgIpc) is 2.57. The largest absolute Gasteiger partial charge is 0.303 e. The topological polar surface area (TPSA) is 60.2 Å². The summed E-state index contributed by atoms with van der Waals surface area (Å²) in [5.41, 5.74) is 0.198. The second-order valence-corrected chi connectivity index (χ2v) is 5.26. The number of hydrogen-bond donors (Lipinski definition) is 0. The van der Waals surface area contributed by atoms with Crippen molar-refractivity contribution in [3.05, 3.63) is 70.5 Å². The Hall–Kier alpha value is -2.23. The zero-order valence-corrected chi connectivity index (χ0v) is 14.6. The lowest BCUT2D eigenvalue weighted by Gasteiger charge is -1.94. The molecule has 0 aliphatic carbocycles. The quantitative estimate of drug-likeness (QED) is 0.135. The molecule has 0 radical (unpaired) electrons. The normalized spacial score (nSPS) is 13.0. The summed E-state index contributed by atoms with van der Waals surface area (Å²) < 4.78 is 0. The lowest BCUT2D eigenvalue weighted by atomic mass is 10.2. The van der Waals surface area contributed by atoms with Gasteiger partial charge in [0.2, 0.25) is 5.70 Å². The summed E-state index contributed by atoms with van der Waals surface area (Å²) in [5, 5.41) is 10.9. The van der Waals surface area contributed by atoms with Crippen LogP contribution in [0.5, 0.6) is 0 Å². The predicted molar refractivity (Wildman–Crippen MR) is 100 cm³/mol. The van der Waals surface area contributed by atoms with Crippen molar-refractivity contribution in [1.29, 1.82) is 0 Å². The summed E-state index contributed by atoms with van der Waals surface area (Å²) >= 11 is 0. The highest BCUT2D eigenvalue weighted by Gasteiger charge is 2.06. The Morgan fingerprint density at radius 3 is 1.92 bits per heavy atom. The van der Waals surface area contributed by atoms with Gasteiger partial charge < -0.3 is 4.79 Å². The molecule has 0 fully saturated rings. The maximum absolute atomic E-state index is 10.9. The molecule has 4 nitrogen and oxygen atoms in total. The van der Waals surface area contributed by atoms with E-state index in [1.807, 2.05) is 12.2 Å². The van der Waals surface area contributed by atoms with Gasteiger partial charge in [-0.25, -0.2) is 0 Å². The van der Waals surface area contributed by atoms with Gasteiger partial charge in [0.15, 0.2) is 0 Å². The fourth-order valence-electron chi connectivity index (χ4n) is 1.89. The van der Waals surface area contributed by atoms with E-state index in [0.717, 1.165) is 32.0 Å². The Kier molecular flexibility index (Phi) is 15.5. The van der Waals surface area contributed by atoms with E-state index < -0.39 is 0 Å². The highest BCUT2D eigenvalue weighted by atomic mass is 16.6. The second-order valence-electron chi connectivity index (χ2n) is 5.26. The summed E-state index contributed by atoms with van der Waals surface area (Å²) in [7, 11) is 0. The molecule has 0 atom stereocenters. The average molecular weight is 331 g/mol. The summed E-state index contributed by atoms with van der Waals surface area (Å²) in [6, 6.07) is 0. The summed E-state index contributed by atoms with van der Waals surface area (Å²) in [4.78, 5) is 20.8. The Morgan fingerprint density at radius 2 is 1.42 bits per heavy atom. The van der Waals surface area contributed by atoms with Crippen LogP contribution >= 0.6 is 0 Å². The second kappa shape index (κ2) is 17.1. The Balaban J connectivity index is 3.95. The maximum atomic E-state index is 10.9. The van der Waals surface area contributed by atoms with Crippen LogP contribution in [0, 0.1) is 10.1 Å². The van der Waals surface area contributed by atoms with Crippen molar-refractivity contribution in [2.24, 2.45) is 0 Å². The van der Waals surface area contributed by atoms with Gasteiger partial charge >= 0.3 is 0 Å². The van der Waals surface area contributed by atoms with Crippen LogP contribution in [0.2, 0.25) is 0 Å². The summed E-state index contributed by atoms with van der Waals surface area (Å²) in [6.07, 6.45) is 24.7. The van der Waals surface area contributed by atoms with Gasteiger partial charge in [-0.15, -0.1) is 0 Å². The molecule has 0 unspecified atom stereocenters. The predicted octanol–water partition coefficient (Wildman–Crippen LogP) is 5.71. The summed E-state index contributed by atoms with van der Waals surface area (Å²) in [6.45, 7) is 2.12. The van der Waals surface area contributed by atoms with E-state index >= 15 is 0 Å². The zero-order chi connectivity index (χ0) is 17.9. The van der Waals surface area contributed by atoms with Crippen molar-refractivity contribution in [2.45, 2.75) is 58.3 Å². The number of aldehydes is 1. The molecule has 0 aliphatic heterocycles. The van der Waals surface area contributed by atoms with Crippen LogP contribution < -0.4 is 0 Å². The lowest BCUT2D eigenvalue weighted by Crippen LogP contribution is -1.97. The number of nitrogens with zero attached hydrogens (tertiary/aromatic N) is 1. The van der Waals surface area contributed by atoms with Crippen molar-refractivity contribution in [3.8, 4) is 0 Å². The summed E-state index contributed by atoms with van der Waals surface area (Å²) in [5.74, 6) is 0. The molecule has 0 amide bonds. The van der Waals surface area contributed by atoms with Crippen LogP contribution in [-0.2, 0) is 4.79 Å². The molecule has 0 aromatic rings. The fraction of sp³-hybridized carbons (Fsp3) is 0.450. The van der Waals surface area contributed by atoms with Gasteiger partial charge in [0.05, 0.1) is 11.3 Å². The van der Waals surface area contributed by atoms with Gasteiger partial charge in [0.25, 0.3) is 0 Å². The van der Waals surface area contributed by atoms with Crippen LogP contribution in [0.1, 0.15) is 58.3 Å². The molecule has 0 aliphatic rings. The number of nitro groups is 1. The molecule has 0 rings (SSSR count). The van der Waals surface area contributed by atoms with Gasteiger partial charge in [-0.1, -0.05) is 55.5 Å². The van der Waals surface area contributed by atoms with Crippen LogP contribution in [0.4, 0.5) is 0 Å². The number of carbonyl (C=O) groups excluding carboxylic acids is 1. The molecule has 24 heavy (non-hydrogen) atoms. The third kappa shape index (κ3) is 14.7. The highest BCUT2D eigenvalue weighted by molar-refractivity contribution is 5.49. The van der Waals surface area contributed by atoms with E-state index in [-0.39, 0.29) is 10.6 Å². The molecule has 132 valence electrons. The van der Waals surface area contributed by atoms with Gasteiger partial charge in [-0.05, 0) is 44.6 Å². The van der Waals surface area contributed by atoms with Gasteiger partial charge in [0.1, 0.15) is 6.29 Å². The molecule has 4 heteroatoms. The maximum Gasteiger partial charge on any atom is 0.246 e. The molecule has 0 bridgehead atoms. The van der Waals surface area contributed by atoms with Gasteiger partial charge in [-0.2, -0.15) is 0 Å².